The van der Waals surface area contributed by atoms with Crippen molar-refractivity contribution in [3.63, 3.8) is 0 Å². The van der Waals surface area contributed by atoms with Crippen LogP contribution in [0.2, 0.25) is 0 Å². The average molecular weight is 312 g/mol. The van der Waals surface area contributed by atoms with Gasteiger partial charge in [0.05, 0.1) is 11.0 Å². The summed E-state index contributed by atoms with van der Waals surface area (Å²) in [5.41, 5.74) is 1.04. The van der Waals surface area contributed by atoms with Crippen molar-refractivity contribution in [2.24, 2.45) is 0 Å². The minimum atomic E-state index is -3.64. The highest BCUT2D eigenvalue weighted by Gasteiger charge is 2.21. The van der Waals surface area contributed by atoms with Crippen LogP contribution in [0.15, 0.2) is 29.2 Å². The molecule has 0 fully saturated rings. The fourth-order valence-corrected chi connectivity index (χ4v) is 3.43. The summed E-state index contributed by atoms with van der Waals surface area (Å²) in [4.78, 5) is 0.253. The van der Waals surface area contributed by atoms with E-state index in [2.05, 4.69) is 13.8 Å². The molecule has 1 aromatic carbocycles. The van der Waals surface area contributed by atoms with Gasteiger partial charge in [0.25, 0.3) is 10.1 Å². The van der Waals surface area contributed by atoms with Gasteiger partial charge in [-0.2, -0.15) is 8.42 Å². The van der Waals surface area contributed by atoms with E-state index in [1.165, 1.54) is 12.8 Å². The van der Waals surface area contributed by atoms with Crippen LogP contribution in [0.5, 0.6) is 0 Å². The maximum Gasteiger partial charge on any atom is 0.297 e. The van der Waals surface area contributed by atoms with E-state index in [0.29, 0.717) is 0 Å². The average Bonchev–Trinajstić information content (AvgIpc) is 2.44. The lowest BCUT2D eigenvalue weighted by Gasteiger charge is -2.17. The molecule has 0 heterocycles. The van der Waals surface area contributed by atoms with Crippen molar-refractivity contribution in [2.75, 3.05) is 0 Å². The molecule has 0 aromatic heterocycles. The second kappa shape index (κ2) is 9.21. The van der Waals surface area contributed by atoms with Crippen molar-refractivity contribution < 1.29 is 12.6 Å². The molecule has 0 radical (unpaired) electrons. The summed E-state index contributed by atoms with van der Waals surface area (Å²) in [6.45, 7) is 6.16. The van der Waals surface area contributed by atoms with E-state index in [1.807, 2.05) is 6.92 Å². The van der Waals surface area contributed by atoms with Gasteiger partial charge < -0.3 is 0 Å². The normalized spacial score (nSPS) is 13.3. The summed E-state index contributed by atoms with van der Waals surface area (Å²) in [7, 11) is -3.64. The van der Waals surface area contributed by atoms with E-state index in [-0.39, 0.29) is 11.0 Å². The van der Waals surface area contributed by atoms with Gasteiger partial charge in [0.1, 0.15) is 0 Å². The molecule has 1 unspecified atom stereocenters. The van der Waals surface area contributed by atoms with Crippen LogP contribution in [0, 0.1) is 6.92 Å². The van der Waals surface area contributed by atoms with Gasteiger partial charge in [0, 0.05) is 0 Å². The van der Waals surface area contributed by atoms with Crippen LogP contribution in [-0.2, 0) is 14.3 Å². The van der Waals surface area contributed by atoms with E-state index >= 15 is 0 Å². The van der Waals surface area contributed by atoms with E-state index in [4.69, 9.17) is 4.18 Å². The Hall–Kier alpha value is -0.870. The number of rotatable bonds is 10. The Morgan fingerprint density at radius 3 is 2.19 bits per heavy atom. The zero-order valence-electron chi connectivity index (χ0n) is 13.5. The molecule has 4 heteroatoms. The van der Waals surface area contributed by atoms with E-state index in [9.17, 15) is 8.42 Å². The molecule has 3 nitrogen and oxygen atoms in total. The Balaban J connectivity index is 2.65. The largest absolute Gasteiger partial charge is 0.297 e. The Labute approximate surface area is 129 Å². The molecule has 21 heavy (non-hydrogen) atoms. The SMILES string of the molecule is CCCCCCC(CCC)OS(=O)(=O)c1ccc(C)cc1. The summed E-state index contributed by atoms with van der Waals surface area (Å²) in [5, 5.41) is 0. The molecule has 120 valence electrons. The number of unbranched alkanes of at least 4 members (excludes halogenated alkanes) is 3. The first-order valence-corrected chi connectivity index (χ1v) is 9.40. The minimum absolute atomic E-state index is 0.196. The Kier molecular flexibility index (Phi) is 7.97. The molecular weight excluding hydrogens is 284 g/mol. The molecule has 0 N–H and O–H groups in total. The predicted molar refractivity (Wildman–Crippen MR) is 86.9 cm³/mol. The lowest BCUT2D eigenvalue weighted by molar-refractivity contribution is 0.183. The zero-order valence-corrected chi connectivity index (χ0v) is 14.3. The van der Waals surface area contributed by atoms with Gasteiger partial charge in [0.15, 0.2) is 0 Å². The van der Waals surface area contributed by atoms with Gasteiger partial charge in [-0.25, -0.2) is 0 Å². The summed E-state index contributed by atoms with van der Waals surface area (Å²) >= 11 is 0. The highest BCUT2D eigenvalue weighted by molar-refractivity contribution is 7.86. The first-order valence-electron chi connectivity index (χ1n) is 7.99. The summed E-state index contributed by atoms with van der Waals surface area (Å²) < 4.78 is 30.0. The standard InChI is InChI=1S/C17H28O3S/c1-4-6-7-8-10-16(9-5-2)20-21(18,19)17-13-11-15(3)12-14-17/h11-14,16H,4-10H2,1-3H3. The van der Waals surface area contributed by atoms with E-state index < -0.39 is 10.1 Å². The fraction of sp³-hybridized carbons (Fsp3) is 0.647. The first kappa shape index (κ1) is 18.2. The van der Waals surface area contributed by atoms with Crippen molar-refractivity contribution in [1.29, 1.82) is 0 Å². The van der Waals surface area contributed by atoms with Crippen LogP contribution < -0.4 is 0 Å². The van der Waals surface area contributed by atoms with Crippen LogP contribution in [0.1, 0.15) is 64.4 Å². The van der Waals surface area contributed by atoms with Crippen LogP contribution in [0.4, 0.5) is 0 Å². The van der Waals surface area contributed by atoms with E-state index in [1.54, 1.807) is 24.3 Å². The molecule has 0 aliphatic heterocycles. The maximum atomic E-state index is 12.3. The van der Waals surface area contributed by atoms with E-state index in [0.717, 1.165) is 37.7 Å². The van der Waals surface area contributed by atoms with Crippen LogP contribution >= 0.6 is 0 Å². The van der Waals surface area contributed by atoms with Crippen LogP contribution in [0.25, 0.3) is 0 Å². The lowest BCUT2D eigenvalue weighted by Crippen LogP contribution is -2.18. The first-order chi connectivity index (χ1) is 9.99. The third-order valence-electron chi connectivity index (χ3n) is 3.56. The second-order valence-electron chi connectivity index (χ2n) is 5.62. The molecule has 0 saturated heterocycles. The van der Waals surface area contributed by atoms with Gasteiger partial charge in [-0.15, -0.1) is 0 Å². The molecule has 0 aliphatic rings. The topological polar surface area (TPSA) is 43.4 Å². The van der Waals surface area contributed by atoms with Gasteiger partial charge >= 0.3 is 0 Å². The molecule has 0 amide bonds. The number of aryl methyl sites for hydroxylation is 1. The zero-order chi connectivity index (χ0) is 15.7. The number of benzene rings is 1. The van der Waals surface area contributed by atoms with Gasteiger partial charge in [-0.05, 0) is 31.9 Å². The van der Waals surface area contributed by atoms with Gasteiger partial charge in [0.2, 0.25) is 0 Å². The molecule has 0 bridgehead atoms. The molecule has 0 aliphatic carbocycles. The Morgan fingerprint density at radius 1 is 0.952 bits per heavy atom. The van der Waals surface area contributed by atoms with Crippen molar-refractivity contribution in [3.8, 4) is 0 Å². The highest BCUT2D eigenvalue weighted by Crippen LogP contribution is 2.20. The lowest BCUT2D eigenvalue weighted by atomic mass is 10.1. The van der Waals surface area contributed by atoms with Crippen LogP contribution in [-0.4, -0.2) is 14.5 Å². The van der Waals surface area contributed by atoms with Crippen molar-refractivity contribution >= 4 is 10.1 Å². The highest BCUT2D eigenvalue weighted by atomic mass is 32.2. The van der Waals surface area contributed by atoms with Crippen molar-refractivity contribution in [3.05, 3.63) is 29.8 Å². The Bertz CT molecular complexity index is 491. The van der Waals surface area contributed by atoms with Crippen LogP contribution in [0.3, 0.4) is 0 Å². The summed E-state index contributed by atoms with van der Waals surface area (Å²) in [6.07, 6.45) is 6.90. The van der Waals surface area contributed by atoms with Gasteiger partial charge in [-0.3, -0.25) is 4.18 Å². The monoisotopic (exact) mass is 312 g/mol. The molecular formula is C17H28O3S. The van der Waals surface area contributed by atoms with Gasteiger partial charge in [-0.1, -0.05) is 63.6 Å². The summed E-state index contributed by atoms with van der Waals surface area (Å²) in [5.74, 6) is 0. The Morgan fingerprint density at radius 2 is 1.62 bits per heavy atom. The van der Waals surface area contributed by atoms with Crippen molar-refractivity contribution in [1.82, 2.24) is 0 Å². The third-order valence-corrected chi connectivity index (χ3v) is 4.94. The van der Waals surface area contributed by atoms with Crippen molar-refractivity contribution in [2.45, 2.75) is 76.7 Å². The number of hydrogen-bond donors (Lipinski definition) is 0. The molecule has 1 aromatic rings. The maximum absolute atomic E-state index is 12.3. The quantitative estimate of drug-likeness (QED) is 0.458. The number of hydrogen-bond acceptors (Lipinski definition) is 3. The molecule has 0 spiro atoms. The third kappa shape index (κ3) is 6.62. The molecule has 1 atom stereocenters. The minimum Gasteiger partial charge on any atom is -0.263 e. The molecule has 1 rings (SSSR count). The molecule has 0 saturated carbocycles. The smallest absolute Gasteiger partial charge is 0.263 e. The summed E-state index contributed by atoms with van der Waals surface area (Å²) in [6, 6.07) is 6.83. The predicted octanol–water partition coefficient (Wildman–Crippen LogP) is 4.84. The second-order valence-corrected chi connectivity index (χ2v) is 7.20. The fourth-order valence-electron chi connectivity index (χ4n) is 2.30.